The predicted molar refractivity (Wildman–Crippen MR) is 80.1 cm³/mol. The van der Waals surface area contributed by atoms with Crippen LogP contribution in [-0.4, -0.2) is 30.2 Å². The molecular weight excluding hydrogens is 313 g/mol. The SMILES string of the molecule is CCOc1c(F)cc(Cl)c2c1c(CC(=O)OC)cn2C(C)=O. The number of carbonyl (C=O) groups excluding carboxylic acids is 2. The van der Waals surface area contributed by atoms with Crippen molar-refractivity contribution in [3.8, 4) is 5.75 Å². The lowest BCUT2D eigenvalue weighted by Crippen LogP contribution is -2.05. The summed E-state index contributed by atoms with van der Waals surface area (Å²) in [6.45, 7) is 3.29. The number of halogens is 2. The number of rotatable bonds is 4. The zero-order chi connectivity index (χ0) is 16.4. The lowest BCUT2D eigenvalue weighted by molar-refractivity contribution is -0.139. The molecule has 118 valence electrons. The van der Waals surface area contributed by atoms with E-state index in [1.165, 1.54) is 24.8 Å². The third-order valence-electron chi connectivity index (χ3n) is 3.20. The molecule has 0 spiro atoms. The first-order chi connectivity index (χ1) is 10.4. The molecule has 0 amide bonds. The molecule has 1 aromatic carbocycles. The predicted octanol–water partition coefficient (Wildman–Crippen LogP) is 3.21. The van der Waals surface area contributed by atoms with Crippen LogP contribution in [0.2, 0.25) is 5.02 Å². The van der Waals surface area contributed by atoms with Gasteiger partial charge in [0.1, 0.15) is 0 Å². The van der Waals surface area contributed by atoms with Crippen LogP contribution < -0.4 is 4.74 Å². The van der Waals surface area contributed by atoms with Crippen molar-refractivity contribution in [1.29, 1.82) is 0 Å². The Balaban J connectivity index is 2.83. The zero-order valence-electron chi connectivity index (χ0n) is 12.4. The molecule has 0 saturated heterocycles. The number of benzene rings is 1. The molecule has 0 fully saturated rings. The molecule has 7 heteroatoms. The summed E-state index contributed by atoms with van der Waals surface area (Å²) in [7, 11) is 1.25. The smallest absolute Gasteiger partial charge is 0.310 e. The Kier molecular flexibility index (Phi) is 4.71. The first kappa shape index (κ1) is 16.3. The Bertz CT molecular complexity index is 754. The van der Waals surface area contributed by atoms with Crippen LogP contribution in [0.4, 0.5) is 4.39 Å². The summed E-state index contributed by atoms with van der Waals surface area (Å²) in [5, 5.41) is 0.384. The van der Waals surface area contributed by atoms with E-state index in [1.807, 2.05) is 0 Å². The maximum absolute atomic E-state index is 14.2. The van der Waals surface area contributed by atoms with Crippen molar-refractivity contribution in [2.75, 3.05) is 13.7 Å². The topological polar surface area (TPSA) is 57.5 Å². The van der Waals surface area contributed by atoms with E-state index in [-0.39, 0.29) is 29.7 Å². The Morgan fingerprint density at radius 3 is 2.64 bits per heavy atom. The van der Waals surface area contributed by atoms with E-state index in [1.54, 1.807) is 6.92 Å². The summed E-state index contributed by atoms with van der Waals surface area (Å²) in [5.41, 5.74) is 0.736. The number of fused-ring (bicyclic) bond motifs is 1. The molecule has 0 aliphatic heterocycles. The minimum absolute atomic E-state index is 0.0270. The van der Waals surface area contributed by atoms with Crippen LogP contribution in [0.25, 0.3) is 10.9 Å². The molecule has 5 nitrogen and oxygen atoms in total. The van der Waals surface area contributed by atoms with Crippen molar-refractivity contribution in [2.45, 2.75) is 20.3 Å². The summed E-state index contributed by atoms with van der Waals surface area (Å²) in [6.07, 6.45) is 1.34. The van der Waals surface area contributed by atoms with Gasteiger partial charge in [-0.3, -0.25) is 14.2 Å². The molecule has 0 aliphatic carbocycles. The number of methoxy groups -OCH3 is 1. The van der Waals surface area contributed by atoms with Crippen LogP contribution in [0, 0.1) is 5.82 Å². The summed E-state index contributed by atoms with van der Waals surface area (Å²) in [4.78, 5) is 23.3. The molecule has 0 saturated carbocycles. The third kappa shape index (κ3) is 2.78. The number of esters is 1. The fraction of sp³-hybridized carbons (Fsp3) is 0.333. The Morgan fingerprint density at radius 2 is 2.09 bits per heavy atom. The molecular formula is C15H15ClFNO4. The van der Waals surface area contributed by atoms with E-state index in [4.69, 9.17) is 16.3 Å². The van der Waals surface area contributed by atoms with Crippen LogP contribution in [-0.2, 0) is 16.0 Å². The number of nitrogens with zero attached hydrogens (tertiary/aromatic N) is 1. The lowest BCUT2D eigenvalue weighted by Gasteiger charge is -2.10. The van der Waals surface area contributed by atoms with E-state index in [9.17, 15) is 14.0 Å². The molecule has 0 aliphatic rings. The molecule has 0 N–H and O–H groups in total. The first-order valence-corrected chi connectivity index (χ1v) is 7.01. The van der Waals surface area contributed by atoms with Gasteiger partial charge < -0.3 is 9.47 Å². The van der Waals surface area contributed by atoms with Crippen molar-refractivity contribution < 1.29 is 23.5 Å². The average Bonchev–Trinajstić information content (AvgIpc) is 2.83. The van der Waals surface area contributed by atoms with Crippen molar-refractivity contribution >= 4 is 34.4 Å². The largest absolute Gasteiger partial charge is 0.490 e. The Labute approximate surface area is 131 Å². The van der Waals surface area contributed by atoms with Gasteiger partial charge in [0.05, 0.1) is 36.1 Å². The zero-order valence-corrected chi connectivity index (χ0v) is 13.2. The fourth-order valence-electron chi connectivity index (χ4n) is 2.31. The summed E-state index contributed by atoms with van der Waals surface area (Å²) in [5.74, 6) is -1.49. The summed E-state index contributed by atoms with van der Waals surface area (Å²) in [6, 6.07) is 1.09. The van der Waals surface area contributed by atoms with Crippen LogP contribution in [0.1, 0.15) is 24.2 Å². The van der Waals surface area contributed by atoms with E-state index in [0.29, 0.717) is 16.5 Å². The maximum atomic E-state index is 14.2. The van der Waals surface area contributed by atoms with Crippen molar-refractivity contribution in [1.82, 2.24) is 4.57 Å². The standard InChI is InChI=1S/C15H15ClFNO4/c1-4-22-15-11(17)6-10(16)14-13(15)9(5-12(20)21-3)7-18(14)8(2)19/h6-7H,4-5H2,1-3H3. The van der Waals surface area contributed by atoms with Crippen LogP contribution in [0.15, 0.2) is 12.3 Å². The minimum Gasteiger partial charge on any atom is -0.490 e. The normalized spacial score (nSPS) is 10.8. The highest BCUT2D eigenvalue weighted by Gasteiger charge is 2.23. The van der Waals surface area contributed by atoms with Crippen molar-refractivity contribution in [2.24, 2.45) is 0 Å². The first-order valence-electron chi connectivity index (χ1n) is 6.63. The van der Waals surface area contributed by atoms with E-state index < -0.39 is 11.8 Å². The second-order valence-corrected chi connectivity index (χ2v) is 5.03. The summed E-state index contributed by atoms with van der Waals surface area (Å²) >= 11 is 6.08. The monoisotopic (exact) mass is 327 g/mol. The van der Waals surface area contributed by atoms with Crippen LogP contribution in [0.3, 0.4) is 0 Å². The second-order valence-electron chi connectivity index (χ2n) is 4.62. The van der Waals surface area contributed by atoms with Gasteiger partial charge in [-0.25, -0.2) is 4.39 Å². The van der Waals surface area contributed by atoms with Crippen molar-refractivity contribution in [3.05, 3.63) is 28.7 Å². The minimum atomic E-state index is -0.647. The molecule has 2 rings (SSSR count). The number of ether oxygens (including phenoxy) is 2. The molecule has 1 heterocycles. The van der Waals surface area contributed by atoms with Crippen LogP contribution >= 0.6 is 11.6 Å². The molecule has 0 bridgehead atoms. The highest BCUT2D eigenvalue weighted by atomic mass is 35.5. The van der Waals surface area contributed by atoms with Crippen molar-refractivity contribution in [3.63, 3.8) is 0 Å². The van der Waals surface area contributed by atoms with Gasteiger partial charge in [0.25, 0.3) is 0 Å². The fourth-order valence-corrected chi connectivity index (χ4v) is 2.59. The van der Waals surface area contributed by atoms with Gasteiger partial charge in [0.2, 0.25) is 5.91 Å². The van der Waals surface area contributed by atoms with E-state index in [2.05, 4.69) is 4.74 Å². The molecule has 1 aromatic heterocycles. The van der Waals surface area contributed by atoms with Gasteiger partial charge in [0, 0.05) is 13.1 Å². The van der Waals surface area contributed by atoms with Crippen LogP contribution in [0.5, 0.6) is 5.75 Å². The highest BCUT2D eigenvalue weighted by molar-refractivity contribution is 6.36. The van der Waals surface area contributed by atoms with Gasteiger partial charge in [-0.05, 0) is 18.6 Å². The van der Waals surface area contributed by atoms with Gasteiger partial charge >= 0.3 is 5.97 Å². The van der Waals surface area contributed by atoms with Gasteiger partial charge in [-0.2, -0.15) is 0 Å². The van der Waals surface area contributed by atoms with E-state index >= 15 is 0 Å². The van der Waals surface area contributed by atoms with E-state index in [0.717, 1.165) is 6.07 Å². The lowest BCUT2D eigenvalue weighted by atomic mass is 10.1. The quantitative estimate of drug-likeness (QED) is 0.809. The van der Waals surface area contributed by atoms with Gasteiger partial charge in [-0.15, -0.1) is 0 Å². The number of hydrogen-bond acceptors (Lipinski definition) is 4. The third-order valence-corrected chi connectivity index (χ3v) is 3.49. The number of carbonyl (C=O) groups is 2. The highest BCUT2D eigenvalue weighted by Crippen LogP contribution is 2.38. The molecule has 0 unspecified atom stereocenters. The molecule has 22 heavy (non-hydrogen) atoms. The maximum Gasteiger partial charge on any atom is 0.310 e. The number of hydrogen-bond donors (Lipinski definition) is 0. The molecule has 2 aromatic rings. The van der Waals surface area contributed by atoms with Gasteiger partial charge in [0.15, 0.2) is 11.6 Å². The second kappa shape index (κ2) is 6.36. The molecule has 0 radical (unpaired) electrons. The average molecular weight is 328 g/mol. The molecule has 0 atom stereocenters. The Hall–Kier alpha value is -2.08. The number of aromatic nitrogens is 1. The summed E-state index contributed by atoms with van der Waals surface area (Å²) < 4.78 is 25.4. The Morgan fingerprint density at radius 1 is 1.41 bits per heavy atom. The van der Waals surface area contributed by atoms with Gasteiger partial charge in [-0.1, -0.05) is 11.6 Å².